The topological polar surface area (TPSA) is 256 Å². The number of halogens is 2. The number of hydrogen-bond donors (Lipinski definition) is 5. The zero-order valence-corrected chi connectivity index (χ0v) is 44.8. The molecule has 0 spiro atoms. The largest absolute Gasteiger partial charge is 0.457 e. The summed E-state index contributed by atoms with van der Waals surface area (Å²) in [6.45, 7) is 12.0. The SMILES string of the molecule is CC(C)(C)c1cc(NC(=O)Nc2ccc(Oc3ccnc(-c4ccn[nH]4)c3)cc2F)n(-c2ccc(C#N)cc2)n1.Cn1nccc1-c1cc(Oc2ccc(NC(=O)Nc3cc(C(C)(C)C)nn3-c3ccc(C#N)cc3)c(F)c2)ccn1. The average molecular weight is 1090 g/mol. The lowest BCUT2D eigenvalue weighted by Crippen LogP contribution is -2.22. The van der Waals surface area contributed by atoms with E-state index in [2.05, 4.69) is 68.9 Å². The molecule has 0 bridgehead atoms. The molecule has 20 nitrogen and oxygen atoms in total. The maximum atomic E-state index is 15.0. The fourth-order valence-corrected chi connectivity index (χ4v) is 7.81. The van der Waals surface area contributed by atoms with Crippen LogP contribution in [0.1, 0.15) is 64.1 Å². The number of ether oxygens (including phenoxy) is 2. The molecule has 0 aliphatic heterocycles. The van der Waals surface area contributed by atoms with Crippen LogP contribution in [0.5, 0.6) is 23.0 Å². The quantitative estimate of drug-likeness (QED) is 0.0765. The Hall–Kier alpha value is -11.0. The Bertz CT molecular complexity index is 3970. The molecule has 406 valence electrons. The van der Waals surface area contributed by atoms with Crippen molar-refractivity contribution in [3.8, 4) is 69.3 Å². The number of nitrogens with one attached hydrogen (secondary N) is 5. The van der Waals surface area contributed by atoms with Gasteiger partial charge in [0, 0.05) is 79.1 Å². The number of anilines is 4. The maximum absolute atomic E-state index is 15.0. The first-order chi connectivity index (χ1) is 38.8. The van der Waals surface area contributed by atoms with Crippen LogP contribution in [0, 0.1) is 34.3 Å². The van der Waals surface area contributed by atoms with E-state index in [4.69, 9.17) is 20.0 Å². The molecule has 0 aliphatic carbocycles. The normalized spacial score (nSPS) is 11.1. The van der Waals surface area contributed by atoms with Gasteiger partial charge in [-0.15, -0.1) is 0 Å². The van der Waals surface area contributed by atoms with Crippen LogP contribution < -0.4 is 30.7 Å². The van der Waals surface area contributed by atoms with E-state index in [0.29, 0.717) is 57.0 Å². The minimum absolute atomic E-state index is 0.0272. The molecule has 0 saturated carbocycles. The molecule has 0 atom stereocenters. The number of benzene rings is 4. The number of nitrogens with zero attached hydrogens (tertiary/aromatic N) is 11. The minimum atomic E-state index is -0.675. The highest BCUT2D eigenvalue weighted by molar-refractivity contribution is 6.00. The Morgan fingerprint density at radius 1 is 0.543 bits per heavy atom. The van der Waals surface area contributed by atoms with Crippen molar-refractivity contribution < 1.29 is 27.8 Å². The Morgan fingerprint density at radius 2 is 1.00 bits per heavy atom. The number of nitriles is 2. The average Bonchev–Trinajstić information content (AvgIpc) is 4.52. The smallest absolute Gasteiger partial charge is 0.324 e. The fraction of sp³-hybridized carbons (Fsp3) is 0.153. The summed E-state index contributed by atoms with van der Waals surface area (Å²) in [5.41, 5.74) is 5.98. The summed E-state index contributed by atoms with van der Waals surface area (Å²) in [6, 6.07) is 38.7. The lowest BCUT2D eigenvalue weighted by atomic mass is 9.92. The summed E-state index contributed by atoms with van der Waals surface area (Å²) >= 11 is 0. The number of aryl methyl sites for hydroxylation is 1. The second kappa shape index (κ2) is 23.3. The first-order valence-electron chi connectivity index (χ1n) is 25.0. The molecule has 81 heavy (non-hydrogen) atoms. The predicted molar refractivity (Wildman–Crippen MR) is 300 cm³/mol. The Balaban J connectivity index is 0.000000196. The van der Waals surface area contributed by atoms with Crippen molar-refractivity contribution in [2.45, 2.75) is 52.4 Å². The molecule has 4 amide bonds. The number of urea groups is 2. The van der Waals surface area contributed by atoms with Gasteiger partial charge in [-0.05, 0) is 97.1 Å². The summed E-state index contributed by atoms with van der Waals surface area (Å²) in [5, 5.41) is 49.0. The van der Waals surface area contributed by atoms with Crippen molar-refractivity contribution in [3.05, 3.63) is 192 Å². The van der Waals surface area contributed by atoms with Gasteiger partial charge in [-0.25, -0.2) is 27.7 Å². The lowest BCUT2D eigenvalue weighted by Gasteiger charge is -2.14. The number of amides is 4. The number of hydrogen-bond acceptors (Lipinski definition) is 12. The van der Waals surface area contributed by atoms with Crippen LogP contribution in [-0.2, 0) is 17.9 Å². The summed E-state index contributed by atoms with van der Waals surface area (Å²) < 4.78 is 46.4. The molecule has 0 unspecified atom stereocenters. The van der Waals surface area contributed by atoms with Crippen molar-refractivity contribution >= 4 is 35.1 Å². The van der Waals surface area contributed by atoms with Crippen LogP contribution in [0.3, 0.4) is 0 Å². The minimum Gasteiger partial charge on any atom is -0.457 e. The molecular weight excluding hydrogens is 1030 g/mol. The number of rotatable bonds is 12. The van der Waals surface area contributed by atoms with E-state index in [1.807, 2.05) is 54.7 Å². The van der Waals surface area contributed by atoms with Crippen molar-refractivity contribution in [2.24, 2.45) is 7.05 Å². The van der Waals surface area contributed by atoms with Crippen LogP contribution in [0.15, 0.2) is 158 Å². The molecule has 0 aliphatic rings. The first kappa shape index (κ1) is 54.8. The monoisotopic (exact) mass is 1090 g/mol. The van der Waals surface area contributed by atoms with Crippen molar-refractivity contribution in [2.75, 3.05) is 21.3 Å². The molecule has 5 N–H and O–H groups in total. The van der Waals surface area contributed by atoms with Gasteiger partial charge in [-0.3, -0.25) is 30.4 Å². The summed E-state index contributed by atoms with van der Waals surface area (Å²) in [6.07, 6.45) is 6.47. The second-order valence-corrected chi connectivity index (χ2v) is 20.2. The number of carbonyl (C=O) groups is 2. The van der Waals surface area contributed by atoms with Crippen LogP contribution in [0.4, 0.5) is 41.4 Å². The van der Waals surface area contributed by atoms with Gasteiger partial charge in [0.15, 0.2) is 0 Å². The van der Waals surface area contributed by atoms with Gasteiger partial charge in [0.2, 0.25) is 0 Å². The number of H-pyrrole nitrogens is 1. The van der Waals surface area contributed by atoms with Crippen molar-refractivity contribution in [1.82, 2.24) is 49.5 Å². The Labute approximate surface area is 463 Å². The van der Waals surface area contributed by atoms with E-state index in [-0.39, 0.29) is 33.7 Å². The summed E-state index contributed by atoms with van der Waals surface area (Å²) in [4.78, 5) is 34.4. The van der Waals surface area contributed by atoms with E-state index in [1.54, 1.807) is 142 Å². The van der Waals surface area contributed by atoms with E-state index in [9.17, 15) is 18.4 Å². The summed E-state index contributed by atoms with van der Waals surface area (Å²) in [7, 11) is 1.81. The van der Waals surface area contributed by atoms with Crippen LogP contribution >= 0.6 is 0 Å². The highest BCUT2D eigenvalue weighted by Crippen LogP contribution is 2.32. The predicted octanol–water partition coefficient (Wildman–Crippen LogP) is 12.8. The van der Waals surface area contributed by atoms with E-state index in [1.165, 1.54) is 24.3 Å². The van der Waals surface area contributed by atoms with Gasteiger partial charge >= 0.3 is 12.1 Å². The molecule has 4 aromatic carbocycles. The van der Waals surface area contributed by atoms with E-state index < -0.39 is 23.7 Å². The molecule has 10 rings (SSSR count). The van der Waals surface area contributed by atoms with E-state index >= 15 is 0 Å². The van der Waals surface area contributed by atoms with Crippen molar-refractivity contribution in [1.29, 1.82) is 10.5 Å². The molecule has 0 fully saturated rings. The molecule has 0 saturated heterocycles. The van der Waals surface area contributed by atoms with Crippen LogP contribution in [0.2, 0.25) is 0 Å². The number of aromatic amines is 1. The third kappa shape index (κ3) is 13.4. The third-order valence-corrected chi connectivity index (χ3v) is 12.1. The number of aromatic nitrogens is 10. The number of carbonyl (C=O) groups excluding carboxylic acids is 2. The van der Waals surface area contributed by atoms with Crippen LogP contribution in [0.25, 0.3) is 34.2 Å². The third-order valence-electron chi connectivity index (χ3n) is 12.1. The van der Waals surface area contributed by atoms with E-state index in [0.717, 1.165) is 22.8 Å². The zero-order valence-electron chi connectivity index (χ0n) is 44.8. The van der Waals surface area contributed by atoms with Gasteiger partial charge in [0.05, 0.1) is 80.2 Å². The Morgan fingerprint density at radius 3 is 1.41 bits per heavy atom. The van der Waals surface area contributed by atoms with Crippen molar-refractivity contribution in [3.63, 3.8) is 0 Å². The lowest BCUT2D eigenvalue weighted by molar-refractivity contribution is 0.261. The second-order valence-electron chi connectivity index (χ2n) is 20.2. The highest BCUT2D eigenvalue weighted by atomic mass is 19.1. The van der Waals surface area contributed by atoms with Gasteiger partial charge in [0.25, 0.3) is 0 Å². The molecule has 0 radical (unpaired) electrons. The van der Waals surface area contributed by atoms with Gasteiger partial charge in [-0.1, -0.05) is 41.5 Å². The van der Waals surface area contributed by atoms with Gasteiger partial charge < -0.3 is 20.1 Å². The Kier molecular flexibility index (Phi) is 15.8. The molecule has 6 aromatic heterocycles. The fourth-order valence-electron chi connectivity index (χ4n) is 7.81. The maximum Gasteiger partial charge on any atom is 0.324 e. The standard InChI is InChI=1S/C30H27FN8O2.C29H25FN8O2/c1-30(2,3)27-17-28(39(37-27)20-7-5-19(18-32)6-8-20)36-29(40)35-24-10-9-21(15-23(24)31)41-22-11-13-33-25(16-22)26-12-14-34-38(26)4;1-29(2,3)26-16-27(38(37-26)19-6-4-18(17-31)5-7-19)35-28(39)34-23-9-8-20(14-22(23)30)40-21-10-12-32-25(15-21)24-11-13-33-36-24/h5-17H,1-4H3,(H2,35,36,40);4-16H,1-3H3,(H,33,36)(H2,34,35,39). The summed E-state index contributed by atoms with van der Waals surface area (Å²) in [5.74, 6) is 0.866. The molecule has 6 heterocycles. The van der Waals surface area contributed by atoms with Gasteiger partial charge in [0.1, 0.15) is 46.3 Å². The van der Waals surface area contributed by atoms with Crippen LogP contribution in [-0.4, -0.2) is 61.6 Å². The number of pyridine rings is 2. The zero-order chi connectivity index (χ0) is 57.4. The highest BCUT2D eigenvalue weighted by Gasteiger charge is 2.24. The first-order valence-corrected chi connectivity index (χ1v) is 25.0. The van der Waals surface area contributed by atoms with Gasteiger partial charge in [-0.2, -0.15) is 30.9 Å². The molecule has 10 aromatic rings. The molecule has 22 heteroatoms. The molecular formula is C59H52F2N16O4.